The quantitative estimate of drug-likeness (QED) is 0.736. The summed E-state index contributed by atoms with van der Waals surface area (Å²) in [5.41, 5.74) is 2.27. The molecule has 2 nitrogen and oxygen atoms in total. The summed E-state index contributed by atoms with van der Waals surface area (Å²) in [6.45, 7) is 7.63. The van der Waals surface area contributed by atoms with E-state index in [2.05, 4.69) is 29.1 Å². The Hall–Kier alpha value is -0.830. The molecule has 1 aliphatic carbocycles. The molecule has 0 aliphatic heterocycles. The number of methoxy groups -OCH3 is 1. The lowest BCUT2D eigenvalue weighted by molar-refractivity contribution is -0.145. The van der Waals surface area contributed by atoms with Gasteiger partial charge in [-0.3, -0.25) is 4.79 Å². The third-order valence-corrected chi connectivity index (χ3v) is 3.18. The standard InChI is InChI=1S/C12H15BrO2/c1-4-9-7-10(12(14)15-3)5-6-11(9)8(2)13/h4,10H,1-2,5-7H2,3H3. The van der Waals surface area contributed by atoms with Gasteiger partial charge in [-0.2, -0.15) is 0 Å². The van der Waals surface area contributed by atoms with Crippen molar-refractivity contribution in [2.75, 3.05) is 7.11 Å². The molecule has 0 aromatic rings. The molecule has 0 aromatic heterocycles. The van der Waals surface area contributed by atoms with Crippen molar-refractivity contribution >= 4 is 21.9 Å². The molecule has 1 unspecified atom stereocenters. The van der Waals surface area contributed by atoms with Gasteiger partial charge in [0.1, 0.15) is 0 Å². The van der Waals surface area contributed by atoms with Crippen molar-refractivity contribution in [3.8, 4) is 0 Å². The summed E-state index contributed by atoms with van der Waals surface area (Å²) < 4.78 is 5.64. The molecule has 82 valence electrons. The maximum atomic E-state index is 11.4. The highest BCUT2D eigenvalue weighted by Gasteiger charge is 2.26. The lowest BCUT2D eigenvalue weighted by Crippen LogP contribution is -2.20. The van der Waals surface area contributed by atoms with Crippen LogP contribution in [0.2, 0.25) is 0 Å². The summed E-state index contributed by atoms with van der Waals surface area (Å²) >= 11 is 3.37. The maximum Gasteiger partial charge on any atom is 0.309 e. The Morgan fingerprint density at radius 2 is 2.33 bits per heavy atom. The zero-order valence-corrected chi connectivity index (χ0v) is 10.5. The van der Waals surface area contributed by atoms with Crippen LogP contribution in [-0.4, -0.2) is 13.1 Å². The van der Waals surface area contributed by atoms with Crippen LogP contribution in [0.1, 0.15) is 19.3 Å². The van der Waals surface area contributed by atoms with Crippen molar-refractivity contribution in [1.29, 1.82) is 0 Å². The Bertz CT molecular complexity index is 329. The van der Waals surface area contributed by atoms with Gasteiger partial charge in [0, 0.05) is 4.48 Å². The van der Waals surface area contributed by atoms with Crippen LogP contribution < -0.4 is 0 Å². The van der Waals surface area contributed by atoms with Crippen molar-refractivity contribution in [1.82, 2.24) is 0 Å². The van der Waals surface area contributed by atoms with Crippen LogP contribution in [0.3, 0.4) is 0 Å². The Morgan fingerprint density at radius 1 is 1.67 bits per heavy atom. The maximum absolute atomic E-state index is 11.4. The largest absolute Gasteiger partial charge is 0.469 e. The summed E-state index contributed by atoms with van der Waals surface area (Å²) in [6, 6.07) is 0. The fraction of sp³-hybridized carbons (Fsp3) is 0.417. The second kappa shape index (κ2) is 5.31. The molecule has 0 radical (unpaired) electrons. The highest BCUT2D eigenvalue weighted by atomic mass is 79.9. The van der Waals surface area contributed by atoms with Gasteiger partial charge in [0.15, 0.2) is 0 Å². The highest BCUT2D eigenvalue weighted by molar-refractivity contribution is 9.11. The van der Waals surface area contributed by atoms with Gasteiger partial charge in [-0.15, -0.1) is 0 Å². The van der Waals surface area contributed by atoms with Gasteiger partial charge in [0.05, 0.1) is 13.0 Å². The summed E-state index contributed by atoms with van der Waals surface area (Å²) in [5.74, 6) is -0.160. The summed E-state index contributed by atoms with van der Waals surface area (Å²) in [6.07, 6.45) is 4.18. The normalized spacial score (nSPS) is 21.1. The molecule has 15 heavy (non-hydrogen) atoms. The monoisotopic (exact) mass is 270 g/mol. The number of allylic oxidation sites excluding steroid dienone is 4. The molecule has 0 fully saturated rings. The molecule has 0 spiro atoms. The van der Waals surface area contributed by atoms with Crippen LogP contribution in [0, 0.1) is 5.92 Å². The first-order valence-electron chi connectivity index (χ1n) is 4.87. The predicted molar refractivity (Wildman–Crippen MR) is 64.6 cm³/mol. The minimum Gasteiger partial charge on any atom is -0.469 e. The van der Waals surface area contributed by atoms with E-state index in [1.54, 1.807) is 6.08 Å². The fourth-order valence-electron chi connectivity index (χ4n) is 1.85. The zero-order valence-electron chi connectivity index (χ0n) is 8.88. The van der Waals surface area contributed by atoms with Crippen molar-refractivity contribution < 1.29 is 9.53 Å². The molecule has 3 heteroatoms. The molecule has 0 N–H and O–H groups in total. The smallest absolute Gasteiger partial charge is 0.309 e. The fourth-order valence-corrected chi connectivity index (χ4v) is 2.31. The van der Waals surface area contributed by atoms with Crippen LogP contribution in [0.5, 0.6) is 0 Å². The molecule has 0 amide bonds. The number of halogens is 1. The summed E-state index contributed by atoms with van der Waals surface area (Å²) in [4.78, 5) is 11.4. The zero-order chi connectivity index (χ0) is 11.4. The lowest BCUT2D eigenvalue weighted by Gasteiger charge is -2.23. The van der Waals surface area contributed by atoms with E-state index < -0.39 is 0 Å². The molecule has 1 atom stereocenters. The Labute approximate surface area is 98.8 Å². The molecule has 0 aromatic carbocycles. The molecular weight excluding hydrogens is 256 g/mol. The summed E-state index contributed by atoms with van der Waals surface area (Å²) in [5, 5.41) is 0. The van der Waals surface area contributed by atoms with Crippen molar-refractivity contribution in [2.45, 2.75) is 19.3 Å². The van der Waals surface area contributed by atoms with Crippen molar-refractivity contribution in [3.63, 3.8) is 0 Å². The minimum absolute atomic E-state index is 0.0291. The highest BCUT2D eigenvalue weighted by Crippen LogP contribution is 2.35. The molecule has 1 aliphatic rings. The first-order valence-corrected chi connectivity index (χ1v) is 5.66. The predicted octanol–water partition coefficient (Wildman–Crippen LogP) is 3.35. The van der Waals surface area contributed by atoms with E-state index in [0.717, 1.165) is 22.9 Å². The van der Waals surface area contributed by atoms with Crippen LogP contribution in [0.15, 0.2) is 34.9 Å². The van der Waals surface area contributed by atoms with Gasteiger partial charge in [-0.05, 0) is 30.4 Å². The van der Waals surface area contributed by atoms with E-state index in [0.29, 0.717) is 6.42 Å². The average Bonchev–Trinajstić information content (AvgIpc) is 2.26. The van der Waals surface area contributed by atoms with E-state index in [9.17, 15) is 4.79 Å². The Morgan fingerprint density at radius 3 is 2.80 bits per heavy atom. The lowest BCUT2D eigenvalue weighted by atomic mass is 9.84. The molecule has 0 bridgehead atoms. The van der Waals surface area contributed by atoms with Crippen LogP contribution >= 0.6 is 15.9 Å². The van der Waals surface area contributed by atoms with E-state index in [1.807, 2.05) is 0 Å². The number of ether oxygens (including phenoxy) is 1. The van der Waals surface area contributed by atoms with E-state index >= 15 is 0 Å². The number of carbonyl (C=O) groups is 1. The van der Waals surface area contributed by atoms with Gasteiger partial charge in [0.2, 0.25) is 0 Å². The van der Waals surface area contributed by atoms with E-state index in [1.165, 1.54) is 12.7 Å². The molecule has 1 rings (SSSR count). The Balaban J connectivity index is 2.86. The van der Waals surface area contributed by atoms with Crippen LogP contribution in [0.4, 0.5) is 0 Å². The van der Waals surface area contributed by atoms with E-state index in [-0.39, 0.29) is 11.9 Å². The van der Waals surface area contributed by atoms with Gasteiger partial charge in [-0.25, -0.2) is 0 Å². The SMILES string of the molecule is C=CC1=C(C(=C)Br)CCC(C(=O)OC)C1. The second-order valence-electron chi connectivity index (χ2n) is 3.58. The molecule has 0 heterocycles. The van der Waals surface area contributed by atoms with Gasteiger partial charge >= 0.3 is 5.97 Å². The van der Waals surface area contributed by atoms with Gasteiger partial charge in [0.25, 0.3) is 0 Å². The Kier molecular flexibility index (Phi) is 4.33. The molecule has 0 saturated heterocycles. The van der Waals surface area contributed by atoms with Crippen molar-refractivity contribution in [2.24, 2.45) is 5.92 Å². The average molecular weight is 271 g/mol. The van der Waals surface area contributed by atoms with E-state index in [4.69, 9.17) is 4.74 Å². The van der Waals surface area contributed by atoms with Gasteiger partial charge in [-0.1, -0.05) is 35.2 Å². The number of carbonyl (C=O) groups excluding carboxylic acids is 1. The topological polar surface area (TPSA) is 26.3 Å². The van der Waals surface area contributed by atoms with Gasteiger partial charge < -0.3 is 4.74 Å². The summed E-state index contributed by atoms with van der Waals surface area (Å²) in [7, 11) is 1.43. The second-order valence-corrected chi connectivity index (χ2v) is 4.53. The van der Waals surface area contributed by atoms with Crippen LogP contribution in [-0.2, 0) is 9.53 Å². The van der Waals surface area contributed by atoms with Crippen molar-refractivity contribution in [3.05, 3.63) is 34.9 Å². The number of hydrogen-bond acceptors (Lipinski definition) is 2. The third-order valence-electron chi connectivity index (χ3n) is 2.71. The third kappa shape index (κ3) is 2.81. The number of hydrogen-bond donors (Lipinski definition) is 0. The first-order chi connectivity index (χ1) is 7.10. The number of esters is 1. The first kappa shape index (κ1) is 12.2. The van der Waals surface area contributed by atoms with Crippen LogP contribution in [0.25, 0.3) is 0 Å². The molecule has 0 saturated carbocycles. The minimum atomic E-state index is -0.131. The number of rotatable bonds is 3. The molecular formula is C12H15BrO2.